The highest BCUT2D eigenvalue weighted by molar-refractivity contribution is 5.95. The van der Waals surface area contributed by atoms with Crippen molar-refractivity contribution in [2.45, 2.75) is 25.7 Å². The molecule has 3 rings (SSSR count). The molecule has 2 heterocycles. The molecule has 136 valence electrons. The molecule has 1 fully saturated rings. The van der Waals surface area contributed by atoms with Crippen LogP contribution in [0.4, 0.5) is 11.4 Å². The van der Waals surface area contributed by atoms with Gasteiger partial charge in [0.15, 0.2) is 0 Å². The van der Waals surface area contributed by atoms with Crippen molar-refractivity contribution in [3.8, 4) is 0 Å². The fraction of sp³-hybridized carbons (Fsp3) is 0.350. The van der Waals surface area contributed by atoms with Gasteiger partial charge in [-0.25, -0.2) is 4.79 Å². The Morgan fingerprint density at radius 2 is 1.73 bits per heavy atom. The summed E-state index contributed by atoms with van der Waals surface area (Å²) in [6.45, 7) is 1.61. The van der Waals surface area contributed by atoms with Crippen molar-refractivity contribution in [2.75, 3.05) is 25.5 Å². The number of pyridine rings is 1. The molecule has 6 heteroatoms. The highest BCUT2D eigenvalue weighted by Gasteiger charge is 2.18. The molecule has 1 amide bonds. The number of anilines is 2. The first-order valence-corrected chi connectivity index (χ1v) is 8.87. The molecule has 0 saturated carbocycles. The maximum absolute atomic E-state index is 12.7. The van der Waals surface area contributed by atoms with E-state index in [1.807, 2.05) is 11.0 Å². The molecule has 0 spiro atoms. The molecule has 0 radical (unpaired) electrons. The number of aromatic nitrogens is 1. The van der Waals surface area contributed by atoms with Crippen LogP contribution in [0.1, 0.15) is 46.4 Å². The number of nitrogens with one attached hydrogen (secondary N) is 1. The Balaban J connectivity index is 1.75. The molecule has 0 aliphatic carbocycles. The monoisotopic (exact) mass is 353 g/mol. The molecule has 0 unspecified atom stereocenters. The Morgan fingerprint density at radius 3 is 2.46 bits per heavy atom. The summed E-state index contributed by atoms with van der Waals surface area (Å²) in [6, 6.07) is 8.80. The van der Waals surface area contributed by atoms with Gasteiger partial charge in [0.1, 0.15) is 0 Å². The van der Waals surface area contributed by atoms with Crippen LogP contribution in [-0.2, 0) is 4.74 Å². The van der Waals surface area contributed by atoms with E-state index in [9.17, 15) is 9.59 Å². The minimum atomic E-state index is -0.392. The van der Waals surface area contributed by atoms with E-state index >= 15 is 0 Å². The number of likely N-dealkylation sites (tertiary alicyclic amines) is 1. The van der Waals surface area contributed by atoms with E-state index < -0.39 is 5.97 Å². The lowest BCUT2D eigenvalue weighted by Gasteiger charge is -2.20. The molecular weight excluding hydrogens is 330 g/mol. The van der Waals surface area contributed by atoms with E-state index in [0.29, 0.717) is 16.8 Å². The number of esters is 1. The van der Waals surface area contributed by atoms with Crippen molar-refractivity contribution in [3.63, 3.8) is 0 Å². The molecule has 1 saturated heterocycles. The first-order valence-electron chi connectivity index (χ1n) is 8.87. The summed E-state index contributed by atoms with van der Waals surface area (Å²) >= 11 is 0. The Kier molecular flexibility index (Phi) is 5.84. The number of nitrogens with zero attached hydrogens (tertiary/aromatic N) is 2. The van der Waals surface area contributed by atoms with E-state index in [4.69, 9.17) is 4.74 Å². The lowest BCUT2D eigenvalue weighted by molar-refractivity contribution is 0.0600. The standard InChI is InChI=1S/C20H23N3O3/c1-26-20(25)15-7-6-8-17(11-15)22-18-12-16(13-21-14-18)19(24)23-9-4-2-3-5-10-23/h6-8,11-14,22H,2-5,9-10H2,1H3. The van der Waals surface area contributed by atoms with Crippen molar-refractivity contribution in [1.29, 1.82) is 0 Å². The summed E-state index contributed by atoms with van der Waals surface area (Å²) < 4.78 is 4.74. The number of amides is 1. The second kappa shape index (κ2) is 8.47. The topological polar surface area (TPSA) is 71.5 Å². The zero-order valence-electron chi connectivity index (χ0n) is 14.9. The number of rotatable bonds is 4. The predicted molar refractivity (Wildman–Crippen MR) is 99.7 cm³/mol. The van der Waals surface area contributed by atoms with Gasteiger partial charge in [-0.15, -0.1) is 0 Å². The minimum Gasteiger partial charge on any atom is -0.465 e. The zero-order valence-corrected chi connectivity index (χ0v) is 14.9. The number of hydrogen-bond acceptors (Lipinski definition) is 5. The SMILES string of the molecule is COC(=O)c1cccc(Nc2cncc(C(=O)N3CCCCCC3)c2)c1. The normalized spacial score (nSPS) is 14.4. The van der Waals surface area contributed by atoms with Gasteiger partial charge in [-0.2, -0.15) is 0 Å². The second-order valence-electron chi connectivity index (χ2n) is 6.37. The molecule has 1 aromatic carbocycles. The zero-order chi connectivity index (χ0) is 18.4. The lowest BCUT2D eigenvalue weighted by atomic mass is 10.2. The first kappa shape index (κ1) is 17.9. The van der Waals surface area contributed by atoms with Crippen molar-refractivity contribution < 1.29 is 14.3 Å². The number of carbonyl (C=O) groups excluding carboxylic acids is 2. The van der Waals surface area contributed by atoms with Crippen LogP contribution in [0.25, 0.3) is 0 Å². The van der Waals surface area contributed by atoms with Crippen molar-refractivity contribution in [1.82, 2.24) is 9.88 Å². The highest BCUT2D eigenvalue weighted by atomic mass is 16.5. The van der Waals surface area contributed by atoms with Gasteiger partial charge in [0, 0.05) is 25.0 Å². The average Bonchev–Trinajstić information content (AvgIpc) is 2.96. The van der Waals surface area contributed by atoms with Crippen LogP contribution >= 0.6 is 0 Å². The van der Waals surface area contributed by atoms with Crippen molar-refractivity contribution in [3.05, 3.63) is 53.9 Å². The predicted octanol–water partition coefficient (Wildman–Crippen LogP) is 3.63. The van der Waals surface area contributed by atoms with E-state index in [2.05, 4.69) is 10.3 Å². The van der Waals surface area contributed by atoms with Gasteiger partial charge in [-0.05, 0) is 37.1 Å². The third-order valence-corrected chi connectivity index (χ3v) is 4.45. The third kappa shape index (κ3) is 4.39. The smallest absolute Gasteiger partial charge is 0.337 e. The number of hydrogen-bond donors (Lipinski definition) is 1. The van der Waals surface area contributed by atoms with Crippen LogP contribution in [0.2, 0.25) is 0 Å². The fourth-order valence-electron chi connectivity index (χ4n) is 3.09. The molecule has 0 atom stereocenters. The third-order valence-electron chi connectivity index (χ3n) is 4.45. The van der Waals surface area contributed by atoms with Gasteiger partial charge in [0.25, 0.3) is 5.91 Å². The number of carbonyl (C=O) groups is 2. The van der Waals surface area contributed by atoms with Gasteiger partial charge in [-0.3, -0.25) is 9.78 Å². The summed E-state index contributed by atoms with van der Waals surface area (Å²) in [5.74, 6) is -0.372. The maximum Gasteiger partial charge on any atom is 0.337 e. The van der Waals surface area contributed by atoms with Crippen LogP contribution in [0.3, 0.4) is 0 Å². The molecule has 26 heavy (non-hydrogen) atoms. The molecule has 1 aromatic heterocycles. The molecular formula is C20H23N3O3. The van der Waals surface area contributed by atoms with Crippen LogP contribution in [0.15, 0.2) is 42.7 Å². The van der Waals surface area contributed by atoms with Crippen LogP contribution in [0, 0.1) is 0 Å². The summed E-state index contributed by atoms with van der Waals surface area (Å²) in [4.78, 5) is 30.5. The van der Waals surface area contributed by atoms with Crippen LogP contribution in [-0.4, -0.2) is 42.0 Å². The van der Waals surface area contributed by atoms with Gasteiger partial charge in [0.05, 0.1) is 30.1 Å². The highest BCUT2D eigenvalue weighted by Crippen LogP contribution is 2.20. The number of ether oxygens (including phenoxy) is 1. The molecule has 2 aromatic rings. The van der Waals surface area contributed by atoms with Crippen LogP contribution < -0.4 is 5.32 Å². The Labute approximate surface area is 153 Å². The quantitative estimate of drug-likeness (QED) is 0.850. The minimum absolute atomic E-state index is 0.0198. The lowest BCUT2D eigenvalue weighted by Crippen LogP contribution is -2.31. The van der Waals surface area contributed by atoms with E-state index in [0.717, 1.165) is 31.6 Å². The Morgan fingerprint density at radius 1 is 1.00 bits per heavy atom. The molecule has 6 nitrogen and oxygen atoms in total. The Hall–Kier alpha value is -2.89. The van der Waals surface area contributed by atoms with E-state index in [1.165, 1.54) is 20.0 Å². The van der Waals surface area contributed by atoms with E-state index in [-0.39, 0.29) is 5.91 Å². The van der Waals surface area contributed by atoms with Gasteiger partial charge >= 0.3 is 5.97 Å². The van der Waals surface area contributed by atoms with Crippen LogP contribution in [0.5, 0.6) is 0 Å². The maximum atomic E-state index is 12.7. The van der Waals surface area contributed by atoms with Gasteiger partial charge in [-0.1, -0.05) is 18.9 Å². The van der Waals surface area contributed by atoms with Gasteiger partial charge < -0.3 is 15.0 Å². The second-order valence-corrected chi connectivity index (χ2v) is 6.37. The fourth-order valence-corrected chi connectivity index (χ4v) is 3.09. The van der Waals surface area contributed by atoms with Gasteiger partial charge in [0.2, 0.25) is 0 Å². The molecule has 1 aliphatic rings. The molecule has 1 aliphatic heterocycles. The van der Waals surface area contributed by atoms with E-state index in [1.54, 1.807) is 36.7 Å². The van der Waals surface area contributed by atoms with Crippen molar-refractivity contribution in [2.24, 2.45) is 0 Å². The number of methoxy groups -OCH3 is 1. The average molecular weight is 353 g/mol. The first-order chi connectivity index (χ1) is 12.7. The summed E-state index contributed by atoms with van der Waals surface area (Å²) in [6.07, 6.45) is 7.72. The summed E-state index contributed by atoms with van der Waals surface area (Å²) in [5.41, 5.74) is 2.46. The summed E-state index contributed by atoms with van der Waals surface area (Å²) in [7, 11) is 1.35. The molecule has 0 bridgehead atoms. The molecule has 1 N–H and O–H groups in total. The largest absolute Gasteiger partial charge is 0.465 e. The van der Waals surface area contributed by atoms with Crippen molar-refractivity contribution >= 4 is 23.3 Å². The Bertz CT molecular complexity index is 783. The number of benzene rings is 1. The summed E-state index contributed by atoms with van der Waals surface area (Å²) in [5, 5.41) is 3.19.